The Morgan fingerprint density at radius 2 is 1.88 bits per heavy atom. The number of aliphatic hydroxyl groups excluding tert-OH is 1. The number of hydrogen-bond donors (Lipinski definition) is 3. The van der Waals surface area contributed by atoms with Crippen LogP contribution < -0.4 is 5.32 Å². The number of nitrogens with one attached hydrogen (secondary N) is 1. The predicted octanol–water partition coefficient (Wildman–Crippen LogP) is 1.63. The third-order valence-corrected chi connectivity index (χ3v) is 3.43. The zero-order chi connectivity index (χ0) is 12.6. The van der Waals surface area contributed by atoms with E-state index in [4.69, 9.17) is 5.11 Å². The smallest absolute Gasteiger partial charge is 0.320 e. The lowest BCUT2D eigenvalue weighted by molar-refractivity contribution is -0.139. The summed E-state index contributed by atoms with van der Waals surface area (Å²) in [6.45, 7) is 6.68. The first-order valence-electron chi connectivity index (χ1n) is 6.12. The largest absolute Gasteiger partial charge is 0.480 e. The van der Waals surface area contributed by atoms with Crippen molar-refractivity contribution in [3.05, 3.63) is 0 Å². The minimum atomic E-state index is -0.805. The van der Waals surface area contributed by atoms with Crippen LogP contribution in [0.15, 0.2) is 0 Å². The second kappa shape index (κ2) is 7.63. The molecule has 1 atom stereocenters. The summed E-state index contributed by atoms with van der Waals surface area (Å²) < 4.78 is 0. The number of carbonyl (C=O) groups is 1. The van der Waals surface area contributed by atoms with Crippen LogP contribution in [-0.4, -0.2) is 35.4 Å². The number of rotatable bonds is 9. The summed E-state index contributed by atoms with van der Waals surface area (Å²) in [5.41, 5.74) is -0.179. The van der Waals surface area contributed by atoms with Gasteiger partial charge < -0.3 is 15.5 Å². The fourth-order valence-corrected chi connectivity index (χ4v) is 1.72. The molecule has 0 aliphatic carbocycles. The minimum Gasteiger partial charge on any atom is -0.480 e. The van der Waals surface area contributed by atoms with Crippen LogP contribution in [-0.2, 0) is 4.79 Å². The number of carboxylic acid groups (broad SMARTS) is 1. The Kier molecular flexibility index (Phi) is 7.34. The van der Waals surface area contributed by atoms with Gasteiger partial charge in [0.15, 0.2) is 0 Å². The molecule has 0 radical (unpaired) electrons. The van der Waals surface area contributed by atoms with Gasteiger partial charge in [0.2, 0.25) is 0 Å². The lowest BCUT2D eigenvalue weighted by atomic mass is 9.83. The molecule has 0 fully saturated rings. The van der Waals surface area contributed by atoms with Crippen LogP contribution >= 0.6 is 0 Å². The van der Waals surface area contributed by atoms with Crippen molar-refractivity contribution < 1.29 is 15.0 Å². The van der Waals surface area contributed by atoms with Crippen LogP contribution in [0.5, 0.6) is 0 Å². The molecule has 0 heterocycles. The van der Waals surface area contributed by atoms with Crippen molar-refractivity contribution in [3.8, 4) is 0 Å². The van der Waals surface area contributed by atoms with Crippen molar-refractivity contribution in [2.45, 2.75) is 52.5 Å². The van der Waals surface area contributed by atoms with E-state index in [1.807, 2.05) is 20.8 Å². The van der Waals surface area contributed by atoms with Gasteiger partial charge in [0.1, 0.15) is 6.04 Å². The quantitative estimate of drug-likeness (QED) is 0.564. The van der Waals surface area contributed by atoms with E-state index in [1.165, 1.54) is 0 Å². The number of hydrogen-bond acceptors (Lipinski definition) is 3. The van der Waals surface area contributed by atoms with Crippen LogP contribution in [0.2, 0.25) is 0 Å². The maximum atomic E-state index is 10.9. The first-order valence-corrected chi connectivity index (χ1v) is 6.12. The van der Waals surface area contributed by atoms with Crippen LogP contribution in [0.3, 0.4) is 0 Å². The summed E-state index contributed by atoms with van der Waals surface area (Å²) in [6, 6.07) is -0.492. The lowest BCUT2D eigenvalue weighted by Gasteiger charge is -2.31. The van der Waals surface area contributed by atoms with Gasteiger partial charge in [0, 0.05) is 18.6 Å². The Morgan fingerprint density at radius 1 is 1.31 bits per heavy atom. The fraction of sp³-hybridized carbons (Fsp3) is 0.917. The van der Waals surface area contributed by atoms with E-state index >= 15 is 0 Å². The van der Waals surface area contributed by atoms with Gasteiger partial charge in [-0.05, 0) is 19.3 Å². The Bertz CT molecular complexity index is 194. The summed E-state index contributed by atoms with van der Waals surface area (Å²) in [6.07, 6.45) is 3.18. The number of aliphatic hydroxyl groups is 1. The van der Waals surface area contributed by atoms with Crippen molar-refractivity contribution in [1.29, 1.82) is 0 Å². The first-order chi connectivity index (χ1) is 7.55. The van der Waals surface area contributed by atoms with E-state index in [1.54, 1.807) is 0 Å². The molecule has 0 aliphatic rings. The highest BCUT2D eigenvalue weighted by atomic mass is 16.4. The Balaban J connectivity index is 4.30. The average molecular weight is 231 g/mol. The van der Waals surface area contributed by atoms with Crippen LogP contribution in [0, 0.1) is 5.41 Å². The molecule has 0 amide bonds. The second-order valence-corrected chi connectivity index (χ2v) is 4.43. The lowest BCUT2D eigenvalue weighted by Crippen LogP contribution is -2.44. The van der Waals surface area contributed by atoms with Crippen molar-refractivity contribution in [1.82, 2.24) is 5.32 Å². The number of aliphatic carboxylic acids is 1. The van der Waals surface area contributed by atoms with Gasteiger partial charge in [-0.2, -0.15) is 0 Å². The summed E-state index contributed by atoms with van der Waals surface area (Å²) in [5.74, 6) is -0.805. The van der Waals surface area contributed by atoms with Crippen molar-refractivity contribution >= 4 is 5.97 Å². The molecule has 4 nitrogen and oxygen atoms in total. The SMILES string of the molecule is CCCC(NCC(CC)(CC)CO)C(=O)O. The first kappa shape index (κ1) is 15.4. The molecule has 0 bridgehead atoms. The van der Waals surface area contributed by atoms with E-state index < -0.39 is 12.0 Å². The van der Waals surface area contributed by atoms with E-state index in [0.717, 1.165) is 19.3 Å². The standard InChI is InChI=1S/C12H25NO3/c1-4-7-10(11(15)16)13-8-12(5-2,6-3)9-14/h10,13-14H,4-9H2,1-3H3,(H,15,16). The van der Waals surface area contributed by atoms with Gasteiger partial charge in [0.05, 0.1) is 0 Å². The van der Waals surface area contributed by atoms with Crippen molar-refractivity contribution in [2.75, 3.05) is 13.2 Å². The van der Waals surface area contributed by atoms with Gasteiger partial charge >= 0.3 is 5.97 Å². The molecule has 0 aromatic rings. The zero-order valence-corrected chi connectivity index (χ0v) is 10.6. The van der Waals surface area contributed by atoms with Gasteiger partial charge in [-0.25, -0.2) is 0 Å². The summed E-state index contributed by atoms with van der Waals surface area (Å²) in [4.78, 5) is 10.9. The van der Waals surface area contributed by atoms with Gasteiger partial charge in [-0.1, -0.05) is 27.2 Å². The predicted molar refractivity (Wildman–Crippen MR) is 64.4 cm³/mol. The third kappa shape index (κ3) is 4.49. The minimum absolute atomic E-state index is 0.103. The summed E-state index contributed by atoms with van der Waals surface area (Å²) >= 11 is 0. The maximum Gasteiger partial charge on any atom is 0.320 e. The molecule has 0 rings (SSSR count). The molecule has 1 unspecified atom stereocenters. The summed E-state index contributed by atoms with van der Waals surface area (Å²) in [7, 11) is 0. The molecular weight excluding hydrogens is 206 g/mol. The molecule has 0 spiro atoms. The van der Waals surface area contributed by atoms with Crippen LogP contribution in [0.1, 0.15) is 46.5 Å². The summed E-state index contributed by atoms with van der Waals surface area (Å²) in [5, 5.41) is 21.4. The third-order valence-electron chi connectivity index (χ3n) is 3.43. The monoisotopic (exact) mass is 231 g/mol. The Morgan fingerprint density at radius 3 is 2.19 bits per heavy atom. The highest BCUT2D eigenvalue weighted by molar-refractivity contribution is 5.73. The maximum absolute atomic E-state index is 10.9. The normalized spacial score (nSPS) is 13.8. The zero-order valence-electron chi connectivity index (χ0n) is 10.6. The van der Waals surface area contributed by atoms with Gasteiger partial charge in [-0.15, -0.1) is 0 Å². The molecule has 0 saturated heterocycles. The molecule has 0 aromatic heterocycles. The Labute approximate surface area is 98.1 Å². The molecule has 0 saturated carbocycles. The topological polar surface area (TPSA) is 69.6 Å². The Hall–Kier alpha value is -0.610. The van der Waals surface area contributed by atoms with E-state index in [2.05, 4.69) is 5.32 Å². The van der Waals surface area contributed by atoms with E-state index in [0.29, 0.717) is 13.0 Å². The molecule has 96 valence electrons. The van der Waals surface area contributed by atoms with E-state index in [9.17, 15) is 9.90 Å². The number of carboxylic acids is 1. The second-order valence-electron chi connectivity index (χ2n) is 4.43. The van der Waals surface area contributed by atoms with E-state index in [-0.39, 0.29) is 12.0 Å². The molecular formula is C12H25NO3. The average Bonchev–Trinajstić information content (AvgIpc) is 2.29. The molecule has 16 heavy (non-hydrogen) atoms. The van der Waals surface area contributed by atoms with Crippen LogP contribution in [0.25, 0.3) is 0 Å². The highest BCUT2D eigenvalue weighted by Crippen LogP contribution is 2.24. The molecule has 0 aromatic carbocycles. The highest BCUT2D eigenvalue weighted by Gasteiger charge is 2.27. The van der Waals surface area contributed by atoms with Crippen LogP contribution in [0.4, 0.5) is 0 Å². The van der Waals surface area contributed by atoms with Gasteiger partial charge in [0.25, 0.3) is 0 Å². The van der Waals surface area contributed by atoms with Crippen molar-refractivity contribution in [3.63, 3.8) is 0 Å². The van der Waals surface area contributed by atoms with Crippen molar-refractivity contribution in [2.24, 2.45) is 5.41 Å². The van der Waals surface area contributed by atoms with Gasteiger partial charge in [-0.3, -0.25) is 4.79 Å². The molecule has 3 N–H and O–H groups in total. The fourth-order valence-electron chi connectivity index (χ4n) is 1.72. The molecule has 4 heteroatoms. The molecule has 0 aliphatic heterocycles.